The fraction of sp³-hybridized carbons (Fsp3) is 0.391. The van der Waals surface area contributed by atoms with Gasteiger partial charge in [0.15, 0.2) is 0 Å². The van der Waals surface area contributed by atoms with Crippen molar-refractivity contribution in [3.63, 3.8) is 0 Å². The van der Waals surface area contributed by atoms with Gasteiger partial charge in [0, 0.05) is 38.6 Å². The predicted molar refractivity (Wildman–Crippen MR) is 126 cm³/mol. The number of hydrogen-bond acceptors (Lipinski definition) is 5. The highest BCUT2D eigenvalue weighted by Crippen LogP contribution is 2.23. The van der Waals surface area contributed by atoms with Crippen LogP contribution in [0.4, 0.5) is 0 Å². The summed E-state index contributed by atoms with van der Waals surface area (Å²) in [6.07, 6.45) is 0. The summed E-state index contributed by atoms with van der Waals surface area (Å²) in [4.78, 5) is 28.5. The number of nitrogens with zero attached hydrogens (tertiary/aromatic N) is 2. The number of para-hydroxylation sites is 1. The van der Waals surface area contributed by atoms with Crippen LogP contribution >= 0.6 is 11.6 Å². The van der Waals surface area contributed by atoms with Crippen LogP contribution in [0.5, 0.6) is 5.75 Å². The number of carbonyl (C=O) groups is 2. The molecule has 1 fully saturated rings. The third-order valence-corrected chi connectivity index (χ3v) is 7.05. The van der Waals surface area contributed by atoms with Gasteiger partial charge in [-0.3, -0.25) is 9.59 Å². The maximum atomic E-state index is 13.0. The molecule has 0 aliphatic carbocycles. The average Bonchev–Trinajstić information content (AvgIpc) is 2.82. The van der Waals surface area contributed by atoms with Crippen molar-refractivity contribution < 1.29 is 22.7 Å². The quantitative estimate of drug-likeness (QED) is 0.570. The maximum absolute atomic E-state index is 13.0. The number of sulfonamides is 1. The van der Waals surface area contributed by atoms with Crippen LogP contribution in [0.3, 0.4) is 0 Å². The predicted octanol–water partition coefficient (Wildman–Crippen LogP) is 2.64. The van der Waals surface area contributed by atoms with E-state index in [0.29, 0.717) is 31.9 Å². The van der Waals surface area contributed by atoms with Crippen LogP contribution in [0.25, 0.3) is 0 Å². The summed E-state index contributed by atoms with van der Waals surface area (Å²) in [5, 5.41) is 0.173. The summed E-state index contributed by atoms with van der Waals surface area (Å²) in [7, 11) is -3.86. The van der Waals surface area contributed by atoms with Gasteiger partial charge in [-0.1, -0.05) is 43.6 Å². The Morgan fingerprint density at radius 1 is 1.03 bits per heavy atom. The number of benzene rings is 2. The van der Waals surface area contributed by atoms with Crippen LogP contribution in [-0.2, 0) is 14.8 Å². The van der Waals surface area contributed by atoms with E-state index >= 15 is 0 Å². The van der Waals surface area contributed by atoms with Crippen molar-refractivity contribution >= 4 is 33.4 Å². The minimum atomic E-state index is -3.86. The van der Waals surface area contributed by atoms with E-state index in [0.717, 1.165) is 0 Å². The summed E-state index contributed by atoms with van der Waals surface area (Å²) < 4.78 is 33.4. The van der Waals surface area contributed by atoms with Gasteiger partial charge < -0.3 is 14.5 Å². The molecule has 2 amide bonds. The van der Waals surface area contributed by atoms with Gasteiger partial charge in [-0.15, -0.1) is 0 Å². The van der Waals surface area contributed by atoms with Crippen LogP contribution in [0, 0.1) is 5.92 Å². The molecule has 10 heteroatoms. The van der Waals surface area contributed by atoms with Crippen LogP contribution in [0.1, 0.15) is 24.2 Å². The van der Waals surface area contributed by atoms with E-state index in [4.69, 9.17) is 16.3 Å². The molecule has 3 rings (SSSR count). The number of halogens is 1. The van der Waals surface area contributed by atoms with E-state index in [2.05, 4.69) is 4.72 Å². The monoisotopic (exact) mass is 493 g/mol. The summed E-state index contributed by atoms with van der Waals surface area (Å²) in [5.41, 5.74) is 0.115. The maximum Gasteiger partial charge on any atom is 0.255 e. The molecule has 1 saturated heterocycles. The highest BCUT2D eigenvalue weighted by Gasteiger charge is 2.28. The lowest BCUT2D eigenvalue weighted by Crippen LogP contribution is -2.51. The first-order chi connectivity index (χ1) is 15.7. The molecule has 2 aromatic carbocycles. The number of nitrogens with one attached hydrogen (secondary N) is 1. The molecule has 0 saturated carbocycles. The molecule has 0 aromatic heterocycles. The summed E-state index contributed by atoms with van der Waals surface area (Å²) in [6, 6.07) is 13.1. The number of carbonyl (C=O) groups excluding carboxylic acids is 2. The van der Waals surface area contributed by atoms with Crippen molar-refractivity contribution in [2.24, 2.45) is 5.92 Å². The Balaban J connectivity index is 1.62. The normalized spacial score (nSPS) is 14.4. The van der Waals surface area contributed by atoms with Crippen LogP contribution in [-0.4, -0.2) is 69.4 Å². The number of hydrogen-bond donors (Lipinski definition) is 1. The SMILES string of the molecule is CC(C)C(=O)N1CCN(C(=O)c2cc(S(=O)(=O)NCCOc3ccccc3)ccc2Cl)CC1. The fourth-order valence-electron chi connectivity index (χ4n) is 3.45. The Kier molecular flexibility index (Phi) is 8.34. The molecule has 1 aliphatic heterocycles. The molecule has 0 bridgehead atoms. The zero-order chi connectivity index (χ0) is 24.0. The summed E-state index contributed by atoms with van der Waals surface area (Å²) in [5.74, 6) is 0.233. The molecule has 33 heavy (non-hydrogen) atoms. The van der Waals surface area contributed by atoms with Gasteiger partial charge in [0.25, 0.3) is 5.91 Å². The molecule has 8 nitrogen and oxygen atoms in total. The van der Waals surface area contributed by atoms with Gasteiger partial charge in [0.2, 0.25) is 15.9 Å². The third kappa shape index (κ3) is 6.46. The molecule has 0 atom stereocenters. The van der Waals surface area contributed by atoms with Crippen molar-refractivity contribution in [1.82, 2.24) is 14.5 Å². The van der Waals surface area contributed by atoms with E-state index < -0.39 is 10.0 Å². The first kappa shape index (κ1) is 25.0. The molecule has 1 heterocycles. The molecule has 1 aliphatic rings. The smallest absolute Gasteiger partial charge is 0.255 e. The van der Waals surface area contributed by atoms with E-state index in [1.165, 1.54) is 18.2 Å². The number of piperazine rings is 1. The Morgan fingerprint density at radius 3 is 2.30 bits per heavy atom. The van der Waals surface area contributed by atoms with Gasteiger partial charge in [0.1, 0.15) is 12.4 Å². The van der Waals surface area contributed by atoms with Crippen LogP contribution < -0.4 is 9.46 Å². The molecule has 178 valence electrons. The standard InChI is InChI=1S/C23H28ClN3O5S/c1-17(2)22(28)26-11-13-27(14-12-26)23(29)20-16-19(8-9-21(20)24)33(30,31)25-10-15-32-18-6-4-3-5-7-18/h3-9,16-17,25H,10-15H2,1-2H3. The Hall–Kier alpha value is -2.62. The highest BCUT2D eigenvalue weighted by atomic mass is 35.5. The largest absolute Gasteiger partial charge is 0.492 e. The number of amides is 2. The zero-order valence-electron chi connectivity index (χ0n) is 18.7. The van der Waals surface area contributed by atoms with Crippen molar-refractivity contribution in [2.75, 3.05) is 39.3 Å². The van der Waals surface area contributed by atoms with Crippen molar-refractivity contribution in [3.8, 4) is 5.75 Å². The second-order valence-corrected chi connectivity index (χ2v) is 10.1. The fourth-order valence-corrected chi connectivity index (χ4v) is 4.68. The van der Waals surface area contributed by atoms with Crippen LogP contribution in [0.2, 0.25) is 5.02 Å². The van der Waals surface area contributed by atoms with Crippen molar-refractivity contribution in [1.29, 1.82) is 0 Å². The van der Waals surface area contributed by atoms with Gasteiger partial charge in [-0.25, -0.2) is 13.1 Å². The van der Waals surface area contributed by atoms with E-state index in [1.807, 2.05) is 32.0 Å². The van der Waals surface area contributed by atoms with E-state index in [9.17, 15) is 18.0 Å². The molecular weight excluding hydrogens is 466 g/mol. The average molecular weight is 494 g/mol. The Morgan fingerprint density at radius 2 is 1.67 bits per heavy atom. The van der Waals surface area contributed by atoms with Crippen LogP contribution in [0.15, 0.2) is 53.4 Å². The molecule has 2 aromatic rings. The lowest BCUT2D eigenvalue weighted by Gasteiger charge is -2.35. The van der Waals surface area contributed by atoms with E-state index in [-0.39, 0.29) is 46.4 Å². The first-order valence-corrected chi connectivity index (χ1v) is 12.6. The lowest BCUT2D eigenvalue weighted by molar-refractivity contribution is -0.135. The lowest BCUT2D eigenvalue weighted by atomic mass is 10.1. The Bertz CT molecular complexity index is 1080. The molecule has 0 unspecified atom stereocenters. The molecular formula is C23H28ClN3O5S. The minimum absolute atomic E-state index is 0.0514. The van der Waals surface area contributed by atoms with Gasteiger partial charge in [-0.05, 0) is 30.3 Å². The minimum Gasteiger partial charge on any atom is -0.492 e. The molecule has 0 spiro atoms. The zero-order valence-corrected chi connectivity index (χ0v) is 20.2. The second kappa shape index (κ2) is 11.0. The van der Waals surface area contributed by atoms with Crippen molar-refractivity contribution in [3.05, 3.63) is 59.1 Å². The summed E-state index contributed by atoms with van der Waals surface area (Å²) in [6.45, 7) is 5.49. The first-order valence-electron chi connectivity index (χ1n) is 10.7. The highest BCUT2D eigenvalue weighted by molar-refractivity contribution is 7.89. The molecule has 1 N–H and O–H groups in total. The van der Waals surface area contributed by atoms with Gasteiger partial charge in [0.05, 0.1) is 15.5 Å². The third-order valence-electron chi connectivity index (χ3n) is 5.26. The van der Waals surface area contributed by atoms with Crippen molar-refractivity contribution in [2.45, 2.75) is 18.7 Å². The topological polar surface area (TPSA) is 96.0 Å². The second-order valence-electron chi connectivity index (χ2n) is 7.97. The Labute approximate surface area is 199 Å². The summed E-state index contributed by atoms with van der Waals surface area (Å²) >= 11 is 6.23. The van der Waals surface area contributed by atoms with Gasteiger partial charge >= 0.3 is 0 Å². The van der Waals surface area contributed by atoms with Gasteiger partial charge in [-0.2, -0.15) is 0 Å². The molecule has 0 radical (unpaired) electrons. The van der Waals surface area contributed by atoms with E-state index in [1.54, 1.807) is 21.9 Å². The number of ether oxygens (including phenoxy) is 1. The number of rotatable bonds is 8.